The molecule has 4 heteroatoms. The first-order valence-corrected chi connectivity index (χ1v) is 3.53. The van der Waals surface area contributed by atoms with Gasteiger partial charge >= 0.3 is 0 Å². The van der Waals surface area contributed by atoms with Gasteiger partial charge in [0.2, 0.25) is 5.91 Å². The van der Waals surface area contributed by atoms with Crippen LogP contribution in [-0.4, -0.2) is 10.9 Å². The van der Waals surface area contributed by atoms with Crippen molar-refractivity contribution in [2.75, 3.05) is 0 Å². The van der Waals surface area contributed by atoms with Crippen molar-refractivity contribution in [3.8, 4) is 0 Å². The van der Waals surface area contributed by atoms with E-state index >= 15 is 0 Å². The third-order valence-electron chi connectivity index (χ3n) is 1.38. The lowest BCUT2D eigenvalue weighted by molar-refractivity contribution is -0.119. The summed E-state index contributed by atoms with van der Waals surface area (Å²) in [7, 11) is 0. The Hall–Kier alpha value is -1.45. The fourth-order valence-electron chi connectivity index (χ4n) is 0.767. The van der Waals surface area contributed by atoms with Crippen molar-refractivity contribution in [1.82, 2.24) is 10.3 Å². The van der Waals surface area contributed by atoms with Gasteiger partial charge in [0, 0.05) is 25.2 Å². The minimum atomic E-state index is -0.397. The van der Waals surface area contributed by atoms with Gasteiger partial charge in [-0.25, -0.2) is 4.39 Å². The number of carbonyl (C=O) groups is 1. The highest BCUT2D eigenvalue weighted by Crippen LogP contribution is 2.02. The van der Waals surface area contributed by atoms with E-state index in [1.807, 2.05) is 0 Å². The number of amides is 1. The van der Waals surface area contributed by atoms with Gasteiger partial charge in [0.25, 0.3) is 0 Å². The third kappa shape index (κ3) is 2.30. The standard InChI is InChI=1S/C8H9FN2O/c1-6(12)11-4-7-2-3-10-5-8(7)9/h2-3,5H,4H2,1H3,(H,11,12). The van der Waals surface area contributed by atoms with E-state index in [1.165, 1.54) is 19.2 Å². The number of hydrogen-bond donors (Lipinski definition) is 1. The normalized spacial score (nSPS) is 9.50. The second-order valence-corrected chi connectivity index (χ2v) is 2.38. The fraction of sp³-hybridized carbons (Fsp3) is 0.250. The van der Waals surface area contributed by atoms with Crippen molar-refractivity contribution in [1.29, 1.82) is 0 Å². The topological polar surface area (TPSA) is 42.0 Å². The second-order valence-electron chi connectivity index (χ2n) is 2.38. The van der Waals surface area contributed by atoms with Crippen LogP contribution in [0.2, 0.25) is 0 Å². The van der Waals surface area contributed by atoms with Gasteiger partial charge in [-0.15, -0.1) is 0 Å². The number of nitrogens with one attached hydrogen (secondary N) is 1. The van der Waals surface area contributed by atoms with E-state index < -0.39 is 5.82 Å². The third-order valence-corrected chi connectivity index (χ3v) is 1.38. The van der Waals surface area contributed by atoms with E-state index in [2.05, 4.69) is 10.3 Å². The Balaban J connectivity index is 2.63. The van der Waals surface area contributed by atoms with Gasteiger partial charge in [0.15, 0.2) is 0 Å². The maximum absolute atomic E-state index is 12.8. The highest BCUT2D eigenvalue weighted by Gasteiger charge is 2.00. The summed E-state index contributed by atoms with van der Waals surface area (Å²) >= 11 is 0. The molecule has 0 aliphatic rings. The van der Waals surface area contributed by atoms with Crippen LogP contribution < -0.4 is 5.32 Å². The number of aromatic nitrogens is 1. The SMILES string of the molecule is CC(=O)NCc1ccncc1F. The summed E-state index contributed by atoms with van der Waals surface area (Å²) in [5, 5.41) is 2.50. The Kier molecular flexibility index (Phi) is 2.74. The van der Waals surface area contributed by atoms with Gasteiger partial charge in [0.1, 0.15) is 5.82 Å². The van der Waals surface area contributed by atoms with Crippen LogP contribution in [0.4, 0.5) is 4.39 Å². The van der Waals surface area contributed by atoms with Crippen molar-refractivity contribution in [3.05, 3.63) is 29.8 Å². The lowest BCUT2D eigenvalue weighted by atomic mass is 10.2. The van der Waals surface area contributed by atoms with Gasteiger partial charge in [0.05, 0.1) is 6.20 Å². The molecule has 64 valence electrons. The van der Waals surface area contributed by atoms with Gasteiger partial charge < -0.3 is 5.32 Å². The van der Waals surface area contributed by atoms with Gasteiger partial charge in [-0.3, -0.25) is 9.78 Å². The molecule has 12 heavy (non-hydrogen) atoms. The molecule has 0 fully saturated rings. The number of rotatable bonds is 2. The molecule has 1 heterocycles. The van der Waals surface area contributed by atoms with Gasteiger partial charge in [-0.05, 0) is 6.07 Å². The zero-order valence-electron chi connectivity index (χ0n) is 6.67. The number of hydrogen-bond acceptors (Lipinski definition) is 2. The highest BCUT2D eigenvalue weighted by molar-refractivity contribution is 5.72. The molecule has 0 saturated heterocycles. The van der Waals surface area contributed by atoms with E-state index in [1.54, 1.807) is 0 Å². The Morgan fingerprint density at radius 1 is 1.75 bits per heavy atom. The van der Waals surface area contributed by atoms with Crippen LogP contribution in [0.15, 0.2) is 18.5 Å². The molecule has 1 amide bonds. The number of carbonyl (C=O) groups excluding carboxylic acids is 1. The average Bonchev–Trinajstić information content (AvgIpc) is 2.03. The summed E-state index contributed by atoms with van der Waals surface area (Å²) in [5.41, 5.74) is 0.445. The maximum Gasteiger partial charge on any atom is 0.217 e. The van der Waals surface area contributed by atoms with Crippen LogP contribution in [0.5, 0.6) is 0 Å². The fourth-order valence-corrected chi connectivity index (χ4v) is 0.767. The van der Waals surface area contributed by atoms with Gasteiger partial charge in [-0.2, -0.15) is 0 Å². The summed E-state index contributed by atoms with van der Waals surface area (Å²) in [6.45, 7) is 1.60. The van der Waals surface area contributed by atoms with Crippen molar-refractivity contribution < 1.29 is 9.18 Å². The van der Waals surface area contributed by atoms with Crippen LogP contribution in [0, 0.1) is 5.82 Å². The van der Waals surface area contributed by atoms with Crippen molar-refractivity contribution in [2.24, 2.45) is 0 Å². The lowest BCUT2D eigenvalue weighted by Gasteiger charge is -2.01. The summed E-state index contributed by atoms with van der Waals surface area (Å²) < 4.78 is 12.8. The average molecular weight is 168 g/mol. The van der Waals surface area contributed by atoms with Crippen LogP contribution in [0.25, 0.3) is 0 Å². The number of halogens is 1. The Morgan fingerprint density at radius 2 is 2.50 bits per heavy atom. The monoisotopic (exact) mass is 168 g/mol. The first-order chi connectivity index (χ1) is 5.70. The van der Waals surface area contributed by atoms with Crippen LogP contribution >= 0.6 is 0 Å². The predicted octanol–water partition coefficient (Wildman–Crippen LogP) is 0.857. The molecule has 1 aromatic heterocycles. The highest BCUT2D eigenvalue weighted by atomic mass is 19.1. The molecule has 0 radical (unpaired) electrons. The molecule has 0 spiro atoms. The Labute approximate surface area is 69.6 Å². The molecule has 0 aliphatic carbocycles. The largest absolute Gasteiger partial charge is 0.352 e. The summed E-state index contributed by atoms with van der Waals surface area (Å²) in [6.07, 6.45) is 2.61. The maximum atomic E-state index is 12.8. The molecule has 0 aliphatic heterocycles. The predicted molar refractivity (Wildman–Crippen MR) is 41.7 cm³/mol. The first-order valence-electron chi connectivity index (χ1n) is 3.53. The van der Waals surface area contributed by atoms with E-state index in [9.17, 15) is 9.18 Å². The lowest BCUT2D eigenvalue weighted by Crippen LogP contribution is -2.19. The Morgan fingerprint density at radius 3 is 3.08 bits per heavy atom. The van der Waals surface area contributed by atoms with E-state index in [0.717, 1.165) is 6.20 Å². The molecule has 3 nitrogen and oxygen atoms in total. The quantitative estimate of drug-likeness (QED) is 0.711. The molecule has 0 unspecified atom stereocenters. The smallest absolute Gasteiger partial charge is 0.217 e. The van der Waals surface area contributed by atoms with Crippen molar-refractivity contribution >= 4 is 5.91 Å². The molecular formula is C8H9FN2O. The zero-order chi connectivity index (χ0) is 8.97. The van der Waals surface area contributed by atoms with Crippen LogP contribution in [0.1, 0.15) is 12.5 Å². The molecule has 1 aromatic rings. The minimum absolute atomic E-state index is 0.175. The van der Waals surface area contributed by atoms with E-state index in [-0.39, 0.29) is 12.5 Å². The van der Waals surface area contributed by atoms with Crippen molar-refractivity contribution in [3.63, 3.8) is 0 Å². The minimum Gasteiger partial charge on any atom is -0.352 e. The molecule has 0 aromatic carbocycles. The molecule has 0 saturated carbocycles. The van der Waals surface area contributed by atoms with E-state index in [0.29, 0.717) is 5.56 Å². The Bertz CT molecular complexity index is 288. The van der Waals surface area contributed by atoms with Gasteiger partial charge in [-0.1, -0.05) is 0 Å². The first kappa shape index (κ1) is 8.64. The van der Waals surface area contributed by atoms with Crippen LogP contribution in [0.3, 0.4) is 0 Å². The van der Waals surface area contributed by atoms with Crippen LogP contribution in [-0.2, 0) is 11.3 Å². The van der Waals surface area contributed by atoms with E-state index in [4.69, 9.17) is 0 Å². The summed E-state index contributed by atoms with van der Waals surface area (Å²) in [6, 6.07) is 1.53. The second kappa shape index (κ2) is 3.80. The van der Waals surface area contributed by atoms with Crippen molar-refractivity contribution in [2.45, 2.75) is 13.5 Å². The molecule has 1 rings (SSSR count). The number of nitrogens with zero attached hydrogens (tertiary/aromatic N) is 1. The number of pyridine rings is 1. The summed E-state index contributed by atoms with van der Waals surface area (Å²) in [4.78, 5) is 14.1. The summed E-state index contributed by atoms with van der Waals surface area (Å²) in [5.74, 6) is -0.572. The molecule has 1 N–H and O–H groups in total. The molecular weight excluding hydrogens is 159 g/mol. The molecule has 0 atom stereocenters. The zero-order valence-corrected chi connectivity index (χ0v) is 6.67. The molecule has 0 bridgehead atoms.